The molecule has 2 aliphatic rings. The number of likely N-dealkylation sites (tertiary alicyclic amines) is 1. The van der Waals surface area contributed by atoms with Crippen LogP contribution >= 0.6 is 23.5 Å². The first kappa shape index (κ1) is 28.0. The highest BCUT2D eigenvalue weighted by atomic mass is 32.2. The number of β-lactam (4-membered cyclic amide) rings is 1. The molecule has 2 amide bonds. The van der Waals surface area contributed by atoms with E-state index in [2.05, 4.69) is 17.4 Å². The number of amides is 2. The van der Waals surface area contributed by atoms with Crippen LogP contribution in [0, 0.1) is 0 Å². The maximum Gasteiger partial charge on any atom is 0.352 e. The van der Waals surface area contributed by atoms with Gasteiger partial charge in [0.15, 0.2) is 5.71 Å². The molecule has 1 atom stereocenters. The Morgan fingerprint density at radius 2 is 2.12 bits per heavy atom. The number of nitrogens with zero attached hydrogens (tertiary/aromatic N) is 2. The summed E-state index contributed by atoms with van der Waals surface area (Å²) in [6.07, 6.45) is 5.65. The maximum atomic E-state index is 13.0. The van der Waals surface area contributed by atoms with Crippen molar-refractivity contribution in [3.63, 3.8) is 0 Å². The Bertz CT molecular complexity index is 918. The zero-order valence-electron chi connectivity index (χ0n) is 20.3. The van der Waals surface area contributed by atoms with Gasteiger partial charge in [-0.2, -0.15) is 11.8 Å². The van der Waals surface area contributed by atoms with Crippen LogP contribution in [0.25, 0.3) is 0 Å². The minimum atomic E-state index is -1.20. The number of nitrogens with one attached hydrogen (secondary N) is 1. The Kier molecular flexibility index (Phi) is 11.2. The van der Waals surface area contributed by atoms with Gasteiger partial charge in [-0.15, -0.1) is 11.8 Å². The summed E-state index contributed by atoms with van der Waals surface area (Å²) in [6, 6.07) is -0.837. The van der Waals surface area contributed by atoms with Gasteiger partial charge in [-0.1, -0.05) is 24.1 Å². The van der Waals surface area contributed by atoms with E-state index in [1.165, 1.54) is 41.4 Å². The van der Waals surface area contributed by atoms with Gasteiger partial charge < -0.3 is 24.9 Å². The van der Waals surface area contributed by atoms with Crippen molar-refractivity contribution in [3.8, 4) is 0 Å². The maximum absolute atomic E-state index is 13.0. The second-order valence-corrected chi connectivity index (χ2v) is 9.80. The molecule has 1 fully saturated rings. The number of carbonyl (C=O) groups is 3. The van der Waals surface area contributed by atoms with Crippen LogP contribution in [0.3, 0.4) is 0 Å². The van der Waals surface area contributed by atoms with E-state index in [1.807, 2.05) is 18.6 Å². The fourth-order valence-corrected chi connectivity index (χ4v) is 5.28. The first-order valence-corrected chi connectivity index (χ1v) is 13.3. The second-order valence-electron chi connectivity index (χ2n) is 7.97. The van der Waals surface area contributed by atoms with E-state index in [-0.39, 0.29) is 24.6 Å². The van der Waals surface area contributed by atoms with Crippen LogP contribution in [-0.2, 0) is 24.0 Å². The average Bonchev–Trinajstić information content (AvgIpc) is 2.80. The van der Waals surface area contributed by atoms with Crippen LogP contribution < -0.4 is 5.32 Å². The van der Waals surface area contributed by atoms with Gasteiger partial charge in [0.2, 0.25) is 0 Å². The van der Waals surface area contributed by atoms with E-state index in [4.69, 9.17) is 9.57 Å². The first-order valence-electron chi connectivity index (χ1n) is 11.0. The first-order chi connectivity index (χ1) is 16.3. The molecule has 0 aromatic rings. The minimum absolute atomic E-state index is 0.0575. The summed E-state index contributed by atoms with van der Waals surface area (Å²) >= 11 is 3.03. The van der Waals surface area contributed by atoms with E-state index < -0.39 is 23.8 Å². The number of ether oxygens (including phenoxy) is 1. The Hall–Kier alpha value is -2.24. The van der Waals surface area contributed by atoms with Gasteiger partial charge in [-0.3, -0.25) is 9.59 Å². The number of aliphatic carboxylic acids is 1. The second kappa shape index (κ2) is 13.6. The smallest absolute Gasteiger partial charge is 0.352 e. The largest absolute Gasteiger partial charge is 0.477 e. The molecule has 0 spiro atoms. The third kappa shape index (κ3) is 6.89. The number of oxime groups is 1. The molecule has 0 aromatic carbocycles. The molecular weight excluding hydrogens is 478 g/mol. The molecule has 2 heterocycles. The molecule has 0 bridgehead atoms. The molecule has 1 saturated heterocycles. The lowest BCUT2D eigenvalue weighted by Crippen LogP contribution is -2.64. The third-order valence-corrected chi connectivity index (χ3v) is 7.29. The number of unbranched alkanes of at least 4 members (excludes halogenated alkanes) is 1. The van der Waals surface area contributed by atoms with E-state index in [0.717, 1.165) is 24.8 Å². The summed E-state index contributed by atoms with van der Waals surface area (Å²) in [7, 11) is 2.84. The summed E-state index contributed by atoms with van der Waals surface area (Å²) < 4.78 is 5.11. The summed E-state index contributed by atoms with van der Waals surface area (Å²) in [4.78, 5) is 45.0. The van der Waals surface area contributed by atoms with Crippen LogP contribution in [0.4, 0.5) is 0 Å². The monoisotopic (exact) mass is 511 g/mol. The van der Waals surface area contributed by atoms with Gasteiger partial charge >= 0.3 is 5.97 Å². The van der Waals surface area contributed by atoms with E-state index in [9.17, 15) is 19.5 Å². The molecule has 2 rings (SSSR count). The Morgan fingerprint density at radius 1 is 1.38 bits per heavy atom. The number of rotatable bonds is 13. The van der Waals surface area contributed by atoms with Gasteiger partial charge in [0.25, 0.3) is 11.8 Å². The highest BCUT2D eigenvalue weighted by Gasteiger charge is 2.43. The predicted molar refractivity (Wildman–Crippen MR) is 136 cm³/mol. The zero-order chi connectivity index (χ0) is 25.3. The number of carbonyl (C=O) groups excluding carboxylic acids is 2. The van der Waals surface area contributed by atoms with Gasteiger partial charge in [-0.05, 0) is 53.9 Å². The van der Waals surface area contributed by atoms with Gasteiger partial charge in [0, 0.05) is 12.9 Å². The molecule has 2 aliphatic heterocycles. The van der Waals surface area contributed by atoms with E-state index in [1.54, 1.807) is 11.8 Å². The zero-order valence-corrected chi connectivity index (χ0v) is 21.9. The topological polar surface area (TPSA) is 118 Å². The van der Waals surface area contributed by atoms with Crippen molar-refractivity contribution in [3.05, 3.63) is 32.7 Å². The summed E-state index contributed by atoms with van der Waals surface area (Å²) in [5, 5.41) is 18.2. The highest BCUT2D eigenvalue weighted by molar-refractivity contribution is 8.05. The van der Waals surface area contributed by atoms with Crippen molar-refractivity contribution in [2.45, 2.75) is 45.6 Å². The number of allylic oxidation sites excluding steroid dienone is 2. The number of methoxy groups -OCH3 is 1. The Morgan fingerprint density at radius 3 is 2.65 bits per heavy atom. The highest BCUT2D eigenvalue weighted by Crippen LogP contribution is 2.36. The van der Waals surface area contributed by atoms with Crippen LogP contribution in [0.1, 0.15) is 39.5 Å². The molecule has 2 N–H and O–H groups in total. The lowest BCUT2D eigenvalue weighted by atomic mass is 9.99. The minimum Gasteiger partial charge on any atom is -0.477 e. The van der Waals surface area contributed by atoms with Crippen molar-refractivity contribution in [2.24, 2.45) is 5.16 Å². The van der Waals surface area contributed by atoms with E-state index in [0.29, 0.717) is 17.7 Å². The average molecular weight is 512 g/mol. The molecule has 188 valence electrons. The Labute approximate surface area is 209 Å². The standard InChI is InChI=1S/C23H33N3O6S2/c1-6-7-8-18-14(2)9-15(13-34-18)19(25-32-4)21(27)24-17-10-26(22(17)28)20(23(29)30)16(11-31-3)12-33-5/h13,17H,6-12H2,1-5H3,(H,24,27)(H,29,30). The summed E-state index contributed by atoms with van der Waals surface area (Å²) in [5.74, 6) is -1.80. The number of thioether (sulfide) groups is 2. The predicted octanol–water partition coefficient (Wildman–Crippen LogP) is 3.15. The number of hydrogen-bond acceptors (Lipinski definition) is 8. The number of hydrogen-bond donors (Lipinski definition) is 2. The normalized spacial score (nSPS) is 19.4. The van der Waals surface area contributed by atoms with Crippen LogP contribution in [0.15, 0.2) is 37.9 Å². The van der Waals surface area contributed by atoms with Crippen LogP contribution in [-0.4, -0.2) is 78.9 Å². The van der Waals surface area contributed by atoms with E-state index >= 15 is 0 Å². The van der Waals surface area contributed by atoms with Crippen molar-refractivity contribution in [1.82, 2.24) is 10.2 Å². The number of carboxylic acids is 1. The van der Waals surface area contributed by atoms with Crippen molar-refractivity contribution in [2.75, 3.05) is 39.4 Å². The molecule has 0 aromatic heterocycles. The SMILES string of the molecule is CCCCC1=C(C)CC(C(=NOC)C(=O)NC2CN(C(C(=O)O)=C(COC)CSC)C2=O)=CS1. The third-order valence-electron chi connectivity index (χ3n) is 5.41. The fraction of sp³-hybridized carbons (Fsp3) is 0.565. The molecule has 1 unspecified atom stereocenters. The van der Waals surface area contributed by atoms with Crippen LogP contribution in [0.2, 0.25) is 0 Å². The summed E-state index contributed by atoms with van der Waals surface area (Å²) in [5.41, 5.74) is 2.44. The quantitative estimate of drug-likeness (QED) is 0.168. The van der Waals surface area contributed by atoms with Crippen molar-refractivity contribution >= 4 is 47.0 Å². The lowest BCUT2D eigenvalue weighted by Gasteiger charge is -2.39. The fourth-order valence-electron chi connectivity index (χ4n) is 3.70. The number of carboxylic acid groups (broad SMARTS) is 1. The van der Waals surface area contributed by atoms with Gasteiger partial charge in [0.1, 0.15) is 18.8 Å². The molecule has 11 heteroatoms. The summed E-state index contributed by atoms with van der Waals surface area (Å²) in [6.45, 7) is 4.36. The molecular formula is C23H33N3O6S2. The van der Waals surface area contributed by atoms with Gasteiger partial charge in [-0.25, -0.2) is 4.79 Å². The molecule has 9 nitrogen and oxygen atoms in total. The van der Waals surface area contributed by atoms with Crippen LogP contribution in [0.5, 0.6) is 0 Å². The molecule has 34 heavy (non-hydrogen) atoms. The molecule has 0 radical (unpaired) electrons. The lowest BCUT2D eigenvalue weighted by molar-refractivity contribution is -0.148. The van der Waals surface area contributed by atoms with Crippen molar-refractivity contribution in [1.29, 1.82) is 0 Å². The molecule has 0 saturated carbocycles. The molecule has 0 aliphatic carbocycles. The Balaban J connectivity index is 2.11. The van der Waals surface area contributed by atoms with Gasteiger partial charge in [0.05, 0.1) is 13.2 Å². The van der Waals surface area contributed by atoms with Crippen molar-refractivity contribution < 1.29 is 29.1 Å².